The van der Waals surface area contributed by atoms with Crippen molar-refractivity contribution in [3.05, 3.63) is 35.4 Å². The Balaban J connectivity index is 1.24. The van der Waals surface area contributed by atoms with Crippen LogP contribution in [0, 0.1) is 23.7 Å². The molecule has 2 bridgehead atoms. The molecule has 3 N–H and O–H groups in total. The fraction of sp³-hybridized carbons (Fsp3) is 0.650. The van der Waals surface area contributed by atoms with E-state index >= 15 is 0 Å². The van der Waals surface area contributed by atoms with Gasteiger partial charge in [-0.05, 0) is 61.0 Å². The predicted molar refractivity (Wildman–Crippen MR) is 89.8 cm³/mol. The van der Waals surface area contributed by atoms with Gasteiger partial charge >= 0.3 is 0 Å². The van der Waals surface area contributed by atoms with Crippen LogP contribution >= 0.6 is 0 Å². The maximum Gasteiger partial charge on any atom is 0.223 e. The molecule has 5 unspecified atom stereocenters. The van der Waals surface area contributed by atoms with Gasteiger partial charge in [0.25, 0.3) is 0 Å². The van der Waals surface area contributed by atoms with Crippen molar-refractivity contribution >= 4 is 5.91 Å². The first-order valence-electron chi connectivity index (χ1n) is 9.36. The molecule has 0 heterocycles. The van der Waals surface area contributed by atoms with Gasteiger partial charge in [-0.3, -0.25) is 4.79 Å². The highest BCUT2D eigenvalue weighted by Crippen LogP contribution is 2.56. The minimum absolute atomic E-state index is 0.210. The molecule has 3 fully saturated rings. The summed E-state index contributed by atoms with van der Waals surface area (Å²) in [5.74, 6) is 2.92. The van der Waals surface area contributed by atoms with E-state index in [1.807, 2.05) is 0 Å². The van der Waals surface area contributed by atoms with Gasteiger partial charge in [-0.1, -0.05) is 30.7 Å². The van der Waals surface area contributed by atoms with E-state index in [0.717, 1.165) is 19.3 Å². The predicted octanol–water partition coefficient (Wildman–Crippen LogP) is 2.59. The maximum absolute atomic E-state index is 12.8. The maximum atomic E-state index is 12.8. The van der Waals surface area contributed by atoms with Crippen LogP contribution in [0.5, 0.6) is 0 Å². The quantitative estimate of drug-likeness (QED) is 0.882. The van der Waals surface area contributed by atoms with E-state index in [4.69, 9.17) is 5.73 Å². The summed E-state index contributed by atoms with van der Waals surface area (Å²) < 4.78 is 0. The smallest absolute Gasteiger partial charge is 0.223 e. The van der Waals surface area contributed by atoms with Crippen molar-refractivity contribution in [3.8, 4) is 0 Å². The number of benzene rings is 1. The van der Waals surface area contributed by atoms with Gasteiger partial charge in [-0.25, -0.2) is 0 Å². The van der Waals surface area contributed by atoms with Crippen molar-refractivity contribution < 1.29 is 4.79 Å². The second-order valence-corrected chi connectivity index (χ2v) is 8.32. The summed E-state index contributed by atoms with van der Waals surface area (Å²) in [5.41, 5.74) is 9.33. The molecule has 0 aliphatic heterocycles. The first kappa shape index (κ1) is 14.0. The number of rotatable bonds is 2. The van der Waals surface area contributed by atoms with E-state index in [1.54, 1.807) is 0 Å². The minimum atomic E-state index is 0.210. The number of fused-ring (bicyclic) bond motifs is 5. The van der Waals surface area contributed by atoms with E-state index in [-0.39, 0.29) is 5.92 Å². The lowest BCUT2D eigenvalue weighted by Crippen LogP contribution is -2.49. The van der Waals surface area contributed by atoms with Crippen LogP contribution in [0.2, 0.25) is 0 Å². The fourth-order valence-electron chi connectivity index (χ4n) is 5.83. The third-order valence-corrected chi connectivity index (χ3v) is 7.13. The molecule has 122 valence electrons. The van der Waals surface area contributed by atoms with Crippen LogP contribution in [0.3, 0.4) is 0 Å². The van der Waals surface area contributed by atoms with Crippen LogP contribution < -0.4 is 11.1 Å². The minimum Gasteiger partial charge on any atom is -0.352 e. The van der Waals surface area contributed by atoms with E-state index in [2.05, 4.69) is 29.6 Å². The second kappa shape index (κ2) is 5.07. The van der Waals surface area contributed by atoms with E-state index < -0.39 is 0 Å². The molecule has 4 aliphatic carbocycles. The van der Waals surface area contributed by atoms with Crippen LogP contribution in [0.4, 0.5) is 0 Å². The third-order valence-electron chi connectivity index (χ3n) is 7.13. The largest absolute Gasteiger partial charge is 0.352 e. The Morgan fingerprint density at radius 1 is 1.13 bits per heavy atom. The third kappa shape index (κ3) is 2.16. The molecule has 1 aromatic rings. The summed E-state index contributed by atoms with van der Waals surface area (Å²) in [4.78, 5) is 12.8. The molecule has 3 saturated carbocycles. The Bertz CT molecular complexity index is 628. The van der Waals surface area contributed by atoms with Gasteiger partial charge in [-0.2, -0.15) is 0 Å². The average molecular weight is 310 g/mol. The molecule has 3 heteroatoms. The lowest BCUT2D eigenvalue weighted by atomic mass is 9.65. The number of nitrogens with one attached hydrogen (secondary N) is 1. The highest BCUT2D eigenvalue weighted by molar-refractivity contribution is 5.80. The lowest BCUT2D eigenvalue weighted by Gasteiger charge is -2.43. The molecule has 1 aromatic carbocycles. The molecule has 5 atom stereocenters. The van der Waals surface area contributed by atoms with Crippen molar-refractivity contribution in [2.45, 2.75) is 56.5 Å². The normalized spacial score (nSPS) is 43.4. The van der Waals surface area contributed by atoms with Crippen LogP contribution in [-0.2, 0) is 11.2 Å². The Labute approximate surface area is 138 Å². The van der Waals surface area contributed by atoms with Crippen molar-refractivity contribution in [2.24, 2.45) is 29.4 Å². The molecule has 1 amide bonds. The Morgan fingerprint density at radius 2 is 1.87 bits per heavy atom. The zero-order valence-corrected chi connectivity index (χ0v) is 13.6. The SMILES string of the molecule is NC1C2CCCC1CC(C(=O)NC1C3Cc4ccccc4C31)C2. The zero-order chi connectivity index (χ0) is 15.6. The van der Waals surface area contributed by atoms with Gasteiger partial charge in [0, 0.05) is 23.9 Å². The monoisotopic (exact) mass is 310 g/mol. The number of carbonyl (C=O) groups excluding carboxylic acids is 1. The van der Waals surface area contributed by atoms with Gasteiger partial charge in [0.15, 0.2) is 0 Å². The van der Waals surface area contributed by atoms with Crippen LogP contribution in [0.15, 0.2) is 24.3 Å². The summed E-state index contributed by atoms with van der Waals surface area (Å²) in [6.07, 6.45) is 6.94. The Morgan fingerprint density at radius 3 is 2.65 bits per heavy atom. The molecule has 0 radical (unpaired) electrons. The summed E-state index contributed by atoms with van der Waals surface area (Å²) in [6.45, 7) is 0. The number of hydrogen-bond acceptors (Lipinski definition) is 2. The van der Waals surface area contributed by atoms with Gasteiger partial charge in [0.2, 0.25) is 5.91 Å². The average Bonchev–Trinajstić information content (AvgIpc) is 3.04. The second-order valence-electron chi connectivity index (χ2n) is 8.32. The van der Waals surface area contributed by atoms with Crippen molar-refractivity contribution in [1.29, 1.82) is 0 Å². The number of hydrogen-bond donors (Lipinski definition) is 2. The van der Waals surface area contributed by atoms with E-state index in [9.17, 15) is 4.79 Å². The van der Waals surface area contributed by atoms with Gasteiger partial charge in [0.05, 0.1) is 0 Å². The molecular formula is C20H26N2O. The fourth-order valence-corrected chi connectivity index (χ4v) is 5.83. The number of nitrogens with two attached hydrogens (primary N) is 1. The summed E-state index contributed by atoms with van der Waals surface area (Å²) in [7, 11) is 0. The van der Waals surface area contributed by atoms with Gasteiger partial charge < -0.3 is 11.1 Å². The van der Waals surface area contributed by atoms with Crippen LogP contribution in [-0.4, -0.2) is 18.0 Å². The summed E-state index contributed by atoms with van der Waals surface area (Å²) >= 11 is 0. The molecule has 23 heavy (non-hydrogen) atoms. The zero-order valence-electron chi connectivity index (χ0n) is 13.6. The van der Waals surface area contributed by atoms with Gasteiger partial charge in [-0.15, -0.1) is 0 Å². The van der Waals surface area contributed by atoms with Crippen molar-refractivity contribution in [1.82, 2.24) is 5.32 Å². The van der Waals surface area contributed by atoms with Crippen molar-refractivity contribution in [3.63, 3.8) is 0 Å². The molecular weight excluding hydrogens is 284 g/mol. The molecule has 0 spiro atoms. The number of amides is 1. The highest BCUT2D eigenvalue weighted by Gasteiger charge is 2.56. The van der Waals surface area contributed by atoms with Gasteiger partial charge in [0.1, 0.15) is 0 Å². The molecule has 0 saturated heterocycles. The van der Waals surface area contributed by atoms with E-state index in [0.29, 0.717) is 41.7 Å². The summed E-state index contributed by atoms with van der Waals surface area (Å²) in [6, 6.07) is 9.48. The van der Waals surface area contributed by atoms with Crippen molar-refractivity contribution in [2.75, 3.05) is 0 Å². The Hall–Kier alpha value is -1.35. The van der Waals surface area contributed by atoms with Crippen LogP contribution in [0.25, 0.3) is 0 Å². The highest BCUT2D eigenvalue weighted by atomic mass is 16.2. The Kier molecular flexibility index (Phi) is 3.09. The van der Waals surface area contributed by atoms with Crippen LogP contribution in [0.1, 0.15) is 49.1 Å². The number of carbonyl (C=O) groups is 1. The molecule has 5 rings (SSSR count). The topological polar surface area (TPSA) is 55.1 Å². The standard InChI is InChI=1S/C20H26N2O/c21-18-12-5-3-6-13(18)9-14(8-12)20(23)22-19-16-10-11-4-1-2-7-15(11)17(16)19/h1-2,4,7,12-14,16-19H,3,5-6,8-10,21H2,(H,22,23). The summed E-state index contributed by atoms with van der Waals surface area (Å²) in [5, 5.41) is 3.39. The molecule has 0 aromatic heterocycles. The molecule has 4 aliphatic rings. The first-order valence-corrected chi connectivity index (χ1v) is 9.36. The molecule has 3 nitrogen and oxygen atoms in total. The lowest BCUT2D eigenvalue weighted by molar-refractivity contribution is -0.128. The first-order chi connectivity index (χ1) is 11.2. The van der Waals surface area contributed by atoms with E-state index in [1.165, 1.54) is 30.4 Å².